The standard InChI is InChI=1S/C10H8F2N4/c11-10(12)8-3-6(1-2-13)7(4-14)9(5-15)16-8/h3,10H,1,4,14H2. The maximum absolute atomic E-state index is 12.5. The Morgan fingerprint density at radius 2 is 2.12 bits per heavy atom. The molecule has 0 radical (unpaired) electrons. The molecule has 1 heterocycles. The first-order chi connectivity index (χ1) is 7.63. The molecule has 0 unspecified atom stereocenters. The Morgan fingerprint density at radius 3 is 2.56 bits per heavy atom. The minimum atomic E-state index is -2.77. The number of pyridine rings is 1. The highest BCUT2D eigenvalue weighted by molar-refractivity contribution is 5.40. The van der Waals surface area contributed by atoms with Gasteiger partial charge in [0.1, 0.15) is 17.5 Å². The summed E-state index contributed by atoms with van der Waals surface area (Å²) < 4.78 is 24.9. The van der Waals surface area contributed by atoms with Crippen molar-refractivity contribution in [2.24, 2.45) is 5.73 Å². The van der Waals surface area contributed by atoms with E-state index in [-0.39, 0.29) is 18.7 Å². The summed E-state index contributed by atoms with van der Waals surface area (Å²) in [4.78, 5) is 3.50. The number of alkyl halides is 2. The molecule has 0 aliphatic rings. The number of rotatable bonds is 3. The molecule has 0 aliphatic carbocycles. The molecule has 4 nitrogen and oxygen atoms in total. The van der Waals surface area contributed by atoms with Crippen LogP contribution in [0.5, 0.6) is 0 Å². The van der Waals surface area contributed by atoms with Crippen LogP contribution in [-0.2, 0) is 13.0 Å². The van der Waals surface area contributed by atoms with Gasteiger partial charge in [-0.05, 0) is 11.6 Å². The number of aromatic nitrogens is 1. The zero-order chi connectivity index (χ0) is 12.1. The first-order valence-electron chi connectivity index (χ1n) is 4.42. The van der Waals surface area contributed by atoms with Crippen LogP contribution in [0.15, 0.2) is 6.07 Å². The van der Waals surface area contributed by atoms with Crippen molar-refractivity contribution >= 4 is 0 Å². The smallest absolute Gasteiger partial charge is 0.280 e. The predicted octanol–water partition coefficient (Wildman–Crippen LogP) is 1.42. The molecular formula is C10H8F2N4. The van der Waals surface area contributed by atoms with Crippen LogP contribution in [0.4, 0.5) is 8.78 Å². The Bertz CT molecular complexity index is 471. The van der Waals surface area contributed by atoms with Crippen molar-refractivity contribution in [3.63, 3.8) is 0 Å². The van der Waals surface area contributed by atoms with Gasteiger partial charge in [-0.15, -0.1) is 0 Å². The van der Waals surface area contributed by atoms with Crippen molar-refractivity contribution in [3.8, 4) is 12.1 Å². The summed E-state index contributed by atoms with van der Waals surface area (Å²) in [5.41, 5.74) is 5.46. The summed E-state index contributed by atoms with van der Waals surface area (Å²) in [6.45, 7) is -0.00355. The average molecular weight is 222 g/mol. The van der Waals surface area contributed by atoms with Crippen molar-refractivity contribution in [1.29, 1.82) is 10.5 Å². The molecule has 6 heteroatoms. The van der Waals surface area contributed by atoms with E-state index in [1.54, 1.807) is 6.07 Å². The van der Waals surface area contributed by atoms with E-state index in [0.717, 1.165) is 6.07 Å². The Hall–Kier alpha value is -2.05. The second kappa shape index (κ2) is 5.15. The first kappa shape index (κ1) is 12.0. The van der Waals surface area contributed by atoms with Crippen LogP contribution in [-0.4, -0.2) is 4.98 Å². The lowest BCUT2D eigenvalue weighted by Gasteiger charge is -2.08. The summed E-state index contributed by atoms with van der Waals surface area (Å²) >= 11 is 0. The molecule has 2 N–H and O–H groups in total. The summed E-state index contributed by atoms with van der Waals surface area (Å²) in [6, 6.07) is 4.67. The highest BCUT2D eigenvalue weighted by Gasteiger charge is 2.16. The van der Waals surface area contributed by atoms with E-state index in [0.29, 0.717) is 11.1 Å². The average Bonchev–Trinajstić information content (AvgIpc) is 2.28. The molecule has 1 rings (SSSR count). The summed E-state index contributed by atoms with van der Waals surface area (Å²) in [5.74, 6) is 0. The van der Waals surface area contributed by atoms with Gasteiger partial charge in [-0.2, -0.15) is 10.5 Å². The van der Waals surface area contributed by atoms with Gasteiger partial charge < -0.3 is 5.73 Å². The Labute approximate surface area is 90.9 Å². The first-order valence-corrected chi connectivity index (χ1v) is 4.42. The zero-order valence-electron chi connectivity index (χ0n) is 8.24. The van der Waals surface area contributed by atoms with E-state index in [1.807, 2.05) is 6.07 Å². The second-order valence-corrected chi connectivity index (χ2v) is 2.98. The SMILES string of the molecule is N#CCc1cc(C(F)F)nc(C#N)c1CN. The molecule has 0 saturated carbocycles. The number of nitriles is 2. The van der Waals surface area contributed by atoms with E-state index in [9.17, 15) is 8.78 Å². The quantitative estimate of drug-likeness (QED) is 0.837. The topological polar surface area (TPSA) is 86.5 Å². The fourth-order valence-electron chi connectivity index (χ4n) is 1.32. The van der Waals surface area contributed by atoms with E-state index in [1.165, 1.54) is 0 Å². The van der Waals surface area contributed by atoms with Crippen LogP contribution in [0.2, 0.25) is 0 Å². The van der Waals surface area contributed by atoms with Crippen LogP contribution in [0.1, 0.15) is 28.9 Å². The molecule has 0 aromatic carbocycles. The molecule has 0 aliphatic heterocycles. The van der Waals surface area contributed by atoms with E-state index in [4.69, 9.17) is 16.3 Å². The molecule has 16 heavy (non-hydrogen) atoms. The van der Waals surface area contributed by atoms with E-state index in [2.05, 4.69) is 4.98 Å². The van der Waals surface area contributed by atoms with Crippen LogP contribution in [0.3, 0.4) is 0 Å². The third-order valence-corrected chi connectivity index (χ3v) is 2.04. The molecule has 1 aromatic rings. The molecule has 0 amide bonds. The van der Waals surface area contributed by atoms with Gasteiger partial charge in [0.15, 0.2) is 0 Å². The molecule has 0 atom stereocenters. The highest BCUT2D eigenvalue weighted by Crippen LogP contribution is 2.22. The summed E-state index contributed by atoms with van der Waals surface area (Å²) in [5, 5.41) is 17.3. The molecule has 1 aromatic heterocycles. The van der Waals surface area contributed by atoms with Gasteiger partial charge in [-0.1, -0.05) is 0 Å². The minimum Gasteiger partial charge on any atom is -0.326 e. The van der Waals surface area contributed by atoms with Gasteiger partial charge in [0, 0.05) is 12.1 Å². The highest BCUT2D eigenvalue weighted by atomic mass is 19.3. The largest absolute Gasteiger partial charge is 0.326 e. The normalized spacial score (nSPS) is 9.88. The van der Waals surface area contributed by atoms with Crippen LogP contribution in [0, 0.1) is 22.7 Å². The lowest BCUT2D eigenvalue weighted by molar-refractivity contribution is 0.146. The molecule has 0 fully saturated rings. The summed E-state index contributed by atoms with van der Waals surface area (Å²) in [7, 11) is 0. The molecule has 82 valence electrons. The molecule has 0 bridgehead atoms. The van der Waals surface area contributed by atoms with E-state index >= 15 is 0 Å². The Morgan fingerprint density at radius 1 is 1.44 bits per heavy atom. The molecular weight excluding hydrogens is 214 g/mol. The predicted molar refractivity (Wildman–Crippen MR) is 51.1 cm³/mol. The lowest BCUT2D eigenvalue weighted by atomic mass is 10.0. The van der Waals surface area contributed by atoms with Crippen LogP contribution in [0.25, 0.3) is 0 Å². The fraction of sp³-hybridized carbons (Fsp3) is 0.300. The number of nitrogens with zero attached hydrogens (tertiary/aromatic N) is 3. The minimum absolute atomic E-state index is 0.00355. The Kier molecular flexibility index (Phi) is 3.87. The summed E-state index contributed by atoms with van der Waals surface area (Å²) in [6.07, 6.45) is -2.83. The fourth-order valence-corrected chi connectivity index (χ4v) is 1.32. The maximum Gasteiger partial charge on any atom is 0.280 e. The Balaban J connectivity index is 3.40. The molecule has 0 saturated heterocycles. The van der Waals surface area contributed by atoms with Crippen LogP contribution >= 0.6 is 0 Å². The van der Waals surface area contributed by atoms with Crippen molar-refractivity contribution in [2.45, 2.75) is 19.4 Å². The van der Waals surface area contributed by atoms with Gasteiger partial charge in [-0.25, -0.2) is 13.8 Å². The third kappa shape index (κ3) is 2.30. The van der Waals surface area contributed by atoms with Gasteiger partial charge >= 0.3 is 0 Å². The van der Waals surface area contributed by atoms with Gasteiger partial charge in [0.2, 0.25) is 0 Å². The van der Waals surface area contributed by atoms with Crippen molar-refractivity contribution in [2.75, 3.05) is 0 Å². The number of hydrogen-bond donors (Lipinski definition) is 1. The van der Waals surface area contributed by atoms with Crippen molar-refractivity contribution < 1.29 is 8.78 Å². The number of hydrogen-bond acceptors (Lipinski definition) is 4. The number of halogens is 2. The van der Waals surface area contributed by atoms with E-state index < -0.39 is 12.1 Å². The zero-order valence-corrected chi connectivity index (χ0v) is 8.24. The van der Waals surface area contributed by atoms with Gasteiger partial charge in [0.25, 0.3) is 6.43 Å². The van der Waals surface area contributed by atoms with Gasteiger partial charge in [0.05, 0.1) is 12.5 Å². The van der Waals surface area contributed by atoms with Crippen LogP contribution < -0.4 is 5.73 Å². The third-order valence-electron chi connectivity index (χ3n) is 2.04. The lowest BCUT2D eigenvalue weighted by Crippen LogP contribution is -2.08. The van der Waals surface area contributed by atoms with Crippen molar-refractivity contribution in [3.05, 3.63) is 28.6 Å². The molecule has 0 spiro atoms. The monoisotopic (exact) mass is 222 g/mol. The van der Waals surface area contributed by atoms with Gasteiger partial charge in [-0.3, -0.25) is 0 Å². The van der Waals surface area contributed by atoms with Crippen molar-refractivity contribution in [1.82, 2.24) is 4.98 Å². The number of nitrogens with two attached hydrogens (primary N) is 1. The second-order valence-electron chi connectivity index (χ2n) is 2.98. The maximum atomic E-state index is 12.5.